The van der Waals surface area contributed by atoms with Gasteiger partial charge in [-0.1, -0.05) is 17.7 Å². The maximum Gasteiger partial charge on any atom is 0.321 e. The molecule has 0 radical (unpaired) electrons. The van der Waals surface area contributed by atoms with Gasteiger partial charge in [-0.3, -0.25) is 14.4 Å². The van der Waals surface area contributed by atoms with Gasteiger partial charge >= 0.3 is 5.97 Å². The number of likely N-dealkylation sites (N-methyl/N-ethyl adjacent to an activating group) is 2. The summed E-state index contributed by atoms with van der Waals surface area (Å²) in [6.07, 6.45) is 0. The Morgan fingerprint density at radius 2 is 1.59 bits per heavy atom. The zero-order valence-electron chi connectivity index (χ0n) is 17.7. The van der Waals surface area contributed by atoms with Gasteiger partial charge in [0.1, 0.15) is 6.54 Å². The van der Waals surface area contributed by atoms with E-state index in [2.05, 4.69) is 5.32 Å². The Bertz CT molecular complexity index is 844. The van der Waals surface area contributed by atoms with Crippen LogP contribution in [0.3, 0.4) is 0 Å². The van der Waals surface area contributed by atoms with E-state index in [9.17, 15) is 22.8 Å². The number of hydrogen-bond acceptors (Lipinski definition) is 6. The summed E-state index contributed by atoms with van der Waals surface area (Å²) in [6.45, 7) is 5.96. The molecule has 0 aliphatic carbocycles. The van der Waals surface area contributed by atoms with Crippen molar-refractivity contribution in [1.29, 1.82) is 0 Å². The molecular formula is C19H29N3O6S. The average molecular weight is 428 g/mol. The molecule has 1 rings (SSSR count). The van der Waals surface area contributed by atoms with Crippen LogP contribution in [0.25, 0.3) is 0 Å². The van der Waals surface area contributed by atoms with Crippen LogP contribution in [0.15, 0.2) is 29.2 Å². The standard InChI is InChI=1S/C19H29N3O6S/c1-14-7-9-15(10-8-14)29(26,27)22(6)12-18(25)28-13-17(24)21(5)11-16(23)20-19(2,3)4/h7-10H,11-13H2,1-6H3,(H,20,23). The maximum atomic E-state index is 12.5. The monoisotopic (exact) mass is 427 g/mol. The Morgan fingerprint density at radius 3 is 2.10 bits per heavy atom. The number of nitrogens with one attached hydrogen (secondary N) is 1. The number of benzene rings is 1. The van der Waals surface area contributed by atoms with Crippen molar-refractivity contribution in [2.24, 2.45) is 0 Å². The molecule has 0 saturated heterocycles. The second-order valence-electron chi connectivity index (χ2n) is 7.78. The highest BCUT2D eigenvalue weighted by Gasteiger charge is 2.24. The van der Waals surface area contributed by atoms with E-state index in [0.29, 0.717) is 0 Å². The first kappa shape index (κ1) is 24.6. The van der Waals surface area contributed by atoms with Gasteiger partial charge in [0.2, 0.25) is 15.9 Å². The molecule has 1 N–H and O–H groups in total. The van der Waals surface area contributed by atoms with Gasteiger partial charge in [0, 0.05) is 19.6 Å². The minimum absolute atomic E-state index is 0.0547. The molecule has 0 aromatic heterocycles. The van der Waals surface area contributed by atoms with Gasteiger partial charge in [-0.2, -0.15) is 4.31 Å². The molecule has 2 amide bonds. The molecule has 162 valence electrons. The molecule has 0 spiro atoms. The molecule has 0 atom stereocenters. The second kappa shape index (κ2) is 9.84. The SMILES string of the molecule is Cc1ccc(S(=O)(=O)N(C)CC(=O)OCC(=O)N(C)CC(=O)NC(C)(C)C)cc1. The minimum Gasteiger partial charge on any atom is -0.455 e. The number of carbonyl (C=O) groups is 3. The number of esters is 1. The lowest BCUT2D eigenvalue weighted by Gasteiger charge is -2.23. The molecule has 0 fully saturated rings. The lowest BCUT2D eigenvalue weighted by atomic mass is 10.1. The summed E-state index contributed by atoms with van der Waals surface area (Å²) in [5.74, 6) is -1.79. The van der Waals surface area contributed by atoms with E-state index in [1.54, 1.807) is 12.1 Å². The first-order valence-electron chi connectivity index (χ1n) is 8.96. The van der Waals surface area contributed by atoms with Crippen LogP contribution in [0.5, 0.6) is 0 Å². The number of rotatable bonds is 8. The number of hydrogen-bond donors (Lipinski definition) is 1. The zero-order valence-corrected chi connectivity index (χ0v) is 18.5. The molecule has 1 aromatic carbocycles. The fourth-order valence-corrected chi connectivity index (χ4v) is 3.33. The van der Waals surface area contributed by atoms with Gasteiger partial charge in [-0.15, -0.1) is 0 Å². The predicted octanol–water partition coefficient (Wildman–Crippen LogP) is 0.532. The molecule has 1 aromatic rings. The molecule has 9 nitrogen and oxygen atoms in total. The van der Waals surface area contributed by atoms with Gasteiger partial charge in [-0.25, -0.2) is 8.42 Å². The lowest BCUT2D eigenvalue weighted by Crippen LogP contribution is -2.47. The normalized spacial score (nSPS) is 11.8. The van der Waals surface area contributed by atoms with Crippen molar-refractivity contribution in [3.8, 4) is 0 Å². The third-order valence-electron chi connectivity index (χ3n) is 3.76. The van der Waals surface area contributed by atoms with E-state index in [1.807, 2.05) is 27.7 Å². The van der Waals surface area contributed by atoms with Crippen LogP contribution in [-0.2, 0) is 29.1 Å². The highest BCUT2D eigenvalue weighted by atomic mass is 32.2. The molecular weight excluding hydrogens is 398 g/mol. The van der Waals surface area contributed by atoms with Crippen LogP contribution in [0.4, 0.5) is 0 Å². The molecule has 29 heavy (non-hydrogen) atoms. The molecule has 0 bridgehead atoms. The predicted molar refractivity (Wildman–Crippen MR) is 107 cm³/mol. The lowest BCUT2D eigenvalue weighted by molar-refractivity contribution is -0.152. The number of ether oxygens (including phenoxy) is 1. The summed E-state index contributed by atoms with van der Waals surface area (Å²) in [5.41, 5.74) is 0.478. The third-order valence-corrected chi connectivity index (χ3v) is 5.58. The molecule has 0 saturated carbocycles. The third kappa shape index (κ3) is 8.20. The smallest absolute Gasteiger partial charge is 0.321 e. The zero-order chi connectivity index (χ0) is 22.4. The van der Waals surface area contributed by atoms with Crippen molar-refractivity contribution in [2.45, 2.75) is 38.1 Å². The Balaban J connectivity index is 2.54. The van der Waals surface area contributed by atoms with Crippen LogP contribution in [0.2, 0.25) is 0 Å². The highest BCUT2D eigenvalue weighted by Crippen LogP contribution is 2.14. The van der Waals surface area contributed by atoms with Crippen molar-refractivity contribution in [1.82, 2.24) is 14.5 Å². The average Bonchev–Trinajstić information content (AvgIpc) is 2.58. The fraction of sp³-hybridized carbons (Fsp3) is 0.526. The van der Waals surface area contributed by atoms with E-state index < -0.39 is 40.6 Å². The van der Waals surface area contributed by atoms with Crippen molar-refractivity contribution in [3.63, 3.8) is 0 Å². The Morgan fingerprint density at radius 1 is 1.03 bits per heavy atom. The van der Waals surface area contributed by atoms with Crippen molar-refractivity contribution >= 4 is 27.8 Å². The summed E-state index contributed by atoms with van der Waals surface area (Å²) in [4.78, 5) is 37.0. The van der Waals surface area contributed by atoms with Crippen molar-refractivity contribution in [3.05, 3.63) is 29.8 Å². The molecule has 0 unspecified atom stereocenters. The van der Waals surface area contributed by atoms with Gasteiger partial charge in [0.25, 0.3) is 5.91 Å². The number of aryl methyl sites for hydroxylation is 1. The Hall–Kier alpha value is -2.46. The van der Waals surface area contributed by atoms with Gasteiger partial charge in [-0.05, 0) is 39.8 Å². The van der Waals surface area contributed by atoms with Gasteiger partial charge in [0.15, 0.2) is 6.61 Å². The number of amides is 2. The minimum atomic E-state index is -3.85. The first-order chi connectivity index (χ1) is 13.2. The summed E-state index contributed by atoms with van der Waals surface area (Å²) >= 11 is 0. The number of nitrogens with zero attached hydrogens (tertiary/aromatic N) is 2. The summed E-state index contributed by atoms with van der Waals surface area (Å²) < 4.78 is 30.6. The van der Waals surface area contributed by atoms with Gasteiger partial charge < -0.3 is 15.0 Å². The van der Waals surface area contributed by atoms with E-state index in [0.717, 1.165) is 14.8 Å². The Kier molecular flexibility index (Phi) is 8.34. The summed E-state index contributed by atoms with van der Waals surface area (Å²) in [6, 6.07) is 6.22. The fourth-order valence-electron chi connectivity index (χ4n) is 2.22. The Labute approximate surface area is 172 Å². The summed E-state index contributed by atoms with van der Waals surface area (Å²) in [7, 11) is -1.19. The van der Waals surface area contributed by atoms with Crippen LogP contribution < -0.4 is 5.32 Å². The van der Waals surface area contributed by atoms with E-state index in [4.69, 9.17) is 4.74 Å². The van der Waals surface area contributed by atoms with Crippen molar-refractivity contribution in [2.75, 3.05) is 33.8 Å². The largest absolute Gasteiger partial charge is 0.455 e. The first-order valence-corrected chi connectivity index (χ1v) is 10.4. The van der Waals surface area contributed by atoms with Gasteiger partial charge in [0.05, 0.1) is 11.4 Å². The van der Waals surface area contributed by atoms with Crippen LogP contribution in [0, 0.1) is 6.92 Å². The highest BCUT2D eigenvalue weighted by molar-refractivity contribution is 7.89. The van der Waals surface area contributed by atoms with E-state index in [1.165, 1.54) is 26.2 Å². The molecule has 0 heterocycles. The quantitative estimate of drug-likeness (QED) is 0.606. The van der Waals surface area contributed by atoms with Crippen molar-refractivity contribution < 1.29 is 27.5 Å². The molecule has 0 aliphatic heterocycles. The maximum absolute atomic E-state index is 12.5. The number of carbonyl (C=O) groups excluding carboxylic acids is 3. The molecule has 0 aliphatic rings. The van der Waals surface area contributed by atoms with E-state index >= 15 is 0 Å². The summed E-state index contributed by atoms with van der Waals surface area (Å²) in [5, 5.41) is 2.72. The van der Waals surface area contributed by atoms with Crippen LogP contribution in [-0.4, -0.2) is 74.7 Å². The number of sulfonamides is 1. The molecule has 10 heteroatoms. The van der Waals surface area contributed by atoms with Crippen LogP contribution >= 0.6 is 0 Å². The second-order valence-corrected chi connectivity index (χ2v) is 9.83. The van der Waals surface area contributed by atoms with Crippen LogP contribution in [0.1, 0.15) is 26.3 Å². The van der Waals surface area contributed by atoms with E-state index in [-0.39, 0.29) is 17.3 Å². The topological polar surface area (TPSA) is 113 Å².